The number of aliphatic hydroxyl groups is 2. The van der Waals surface area contributed by atoms with Crippen molar-refractivity contribution in [3.63, 3.8) is 0 Å². The third-order valence-corrected chi connectivity index (χ3v) is 9.73. The maximum Gasteiger partial charge on any atom is 0.339 e. The Morgan fingerprint density at radius 2 is 1.43 bits per heavy atom. The number of hydrogen-bond donors (Lipinski definition) is 2. The molecule has 17 heteroatoms. The molecule has 2 aliphatic heterocycles. The van der Waals surface area contributed by atoms with Crippen molar-refractivity contribution in [1.82, 2.24) is 0 Å². The minimum absolute atomic E-state index is 0.0845. The minimum atomic E-state index is -2.26. The lowest BCUT2D eigenvalue weighted by Crippen LogP contribution is -2.65. The first-order chi connectivity index (χ1) is 24.0. The van der Waals surface area contributed by atoms with Gasteiger partial charge in [0.1, 0.15) is 35.6 Å². The Balaban J connectivity index is 1.68. The zero-order valence-electron chi connectivity index (χ0n) is 29.7. The minimum Gasteiger partial charge on any atom is -0.471 e. The van der Waals surface area contributed by atoms with E-state index in [0.29, 0.717) is 12.3 Å². The monoisotopic (exact) mass is 728 g/mol. The summed E-state index contributed by atoms with van der Waals surface area (Å²) in [6.07, 6.45) is -4.45. The number of hydrogen-bond acceptors (Lipinski definition) is 17. The highest BCUT2D eigenvalue weighted by atomic mass is 16.8. The highest BCUT2D eigenvalue weighted by Gasteiger charge is 2.69. The van der Waals surface area contributed by atoms with Crippen LogP contribution in [0.4, 0.5) is 0 Å². The largest absolute Gasteiger partial charge is 0.471 e. The van der Waals surface area contributed by atoms with Crippen LogP contribution in [0.3, 0.4) is 0 Å². The smallest absolute Gasteiger partial charge is 0.339 e. The summed E-state index contributed by atoms with van der Waals surface area (Å²) in [4.78, 5) is 74.3. The number of fused-ring (bicyclic) bond motifs is 1. The van der Waals surface area contributed by atoms with Crippen molar-refractivity contribution >= 4 is 35.8 Å². The normalized spacial score (nSPS) is 34.9. The fraction of sp³-hybridized carbons (Fsp3) is 0.765. The Morgan fingerprint density at radius 3 is 2.02 bits per heavy atom. The lowest BCUT2D eigenvalue weighted by molar-refractivity contribution is -0.353. The molecule has 17 nitrogen and oxygen atoms in total. The predicted octanol–water partition coefficient (Wildman–Crippen LogP) is 1.27. The molecule has 2 heterocycles. The summed E-state index contributed by atoms with van der Waals surface area (Å²) in [5.74, 6) is -6.12. The quantitative estimate of drug-likeness (QED) is 0.213. The second-order valence-electron chi connectivity index (χ2n) is 13.6. The van der Waals surface area contributed by atoms with E-state index < -0.39 is 115 Å². The van der Waals surface area contributed by atoms with Crippen LogP contribution in [0.1, 0.15) is 86.0 Å². The molecule has 0 amide bonds. The first-order valence-electron chi connectivity index (χ1n) is 17.0. The van der Waals surface area contributed by atoms with Crippen LogP contribution in [0.15, 0.2) is 11.8 Å². The molecule has 10 atom stereocenters. The van der Waals surface area contributed by atoms with Gasteiger partial charge in [-0.05, 0) is 19.3 Å². The highest BCUT2D eigenvalue weighted by molar-refractivity contribution is 5.91. The maximum absolute atomic E-state index is 13.1. The van der Waals surface area contributed by atoms with E-state index in [2.05, 4.69) is 0 Å². The van der Waals surface area contributed by atoms with Crippen LogP contribution in [0.25, 0.3) is 0 Å². The average Bonchev–Trinajstić information content (AvgIpc) is 3.25. The van der Waals surface area contributed by atoms with Crippen molar-refractivity contribution in [2.45, 2.75) is 140 Å². The van der Waals surface area contributed by atoms with E-state index in [-0.39, 0.29) is 6.42 Å². The van der Waals surface area contributed by atoms with Crippen LogP contribution >= 0.6 is 0 Å². The van der Waals surface area contributed by atoms with Crippen molar-refractivity contribution in [3.8, 4) is 0 Å². The van der Waals surface area contributed by atoms with Gasteiger partial charge in [-0.3, -0.25) is 24.0 Å². The molecule has 0 spiro atoms. The highest BCUT2D eigenvalue weighted by Crippen LogP contribution is 2.53. The van der Waals surface area contributed by atoms with E-state index in [0.717, 1.165) is 73.2 Å². The molecule has 3 fully saturated rings. The van der Waals surface area contributed by atoms with E-state index in [1.54, 1.807) is 0 Å². The van der Waals surface area contributed by atoms with E-state index in [1.807, 2.05) is 0 Å². The van der Waals surface area contributed by atoms with Gasteiger partial charge in [-0.25, -0.2) is 4.79 Å². The Kier molecular flexibility index (Phi) is 13.1. The summed E-state index contributed by atoms with van der Waals surface area (Å²) >= 11 is 0. The molecule has 0 bridgehead atoms. The summed E-state index contributed by atoms with van der Waals surface area (Å²) < 4.78 is 49.9. The molecule has 4 rings (SSSR count). The summed E-state index contributed by atoms with van der Waals surface area (Å²) in [5.41, 5.74) is -4.77. The second kappa shape index (κ2) is 16.7. The number of methoxy groups -OCH3 is 1. The standard InChI is InChI=1S/C34H48O17/c1-17(35)44-16-23-26(46-18(2)36)27(47-19(3)37)28(48-20(4)38)31(49-23)51-32-29-33(5,41)24(14-34(29,42)22(15-45-32)30(40)43-6)50-25(39)13-12-21-10-8-7-9-11-21/h15,21,23-24,26-29,31-32,41-42H,7-14,16H2,1-6H3/t23-,24+,26-,27+,28-,29-,31+,32+,33+,34+/m1/s1. The molecule has 0 aromatic carbocycles. The van der Waals surface area contributed by atoms with Gasteiger partial charge in [0, 0.05) is 40.5 Å². The SMILES string of the molecule is COC(=O)C1=CO[C@@H](O[C@@H]2O[C@H](COC(C)=O)[C@@H](OC(C)=O)[C@H](OC(C)=O)[C@H]2OC(C)=O)[C@@H]2[C@@](C)(O)[C@@H](OC(=O)CCC3CCCCC3)C[C@]12O. The molecule has 1 saturated heterocycles. The molecule has 0 unspecified atom stereocenters. The summed E-state index contributed by atoms with van der Waals surface area (Å²) in [6, 6.07) is 0. The van der Waals surface area contributed by atoms with Gasteiger partial charge in [0.05, 0.1) is 19.3 Å². The van der Waals surface area contributed by atoms with Gasteiger partial charge in [-0.2, -0.15) is 0 Å². The van der Waals surface area contributed by atoms with Crippen molar-refractivity contribution < 1.29 is 81.6 Å². The van der Waals surface area contributed by atoms with Gasteiger partial charge in [-0.1, -0.05) is 32.1 Å². The lowest BCUT2D eigenvalue weighted by atomic mass is 9.77. The number of carbonyl (C=O) groups is 6. The summed E-state index contributed by atoms with van der Waals surface area (Å²) in [7, 11) is 1.08. The molecule has 0 aromatic rings. The van der Waals surface area contributed by atoms with Crippen LogP contribution in [0.2, 0.25) is 0 Å². The zero-order valence-corrected chi connectivity index (χ0v) is 29.7. The van der Waals surface area contributed by atoms with Crippen molar-refractivity contribution in [2.75, 3.05) is 13.7 Å². The van der Waals surface area contributed by atoms with Gasteiger partial charge in [0.25, 0.3) is 0 Å². The number of rotatable bonds is 12. The van der Waals surface area contributed by atoms with Crippen LogP contribution in [-0.2, 0) is 71.4 Å². The average molecular weight is 729 g/mol. The van der Waals surface area contributed by atoms with E-state index in [9.17, 15) is 39.0 Å². The maximum atomic E-state index is 13.1. The van der Waals surface area contributed by atoms with Gasteiger partial charge in [-0.15, -0.1) is 0 Å². The molecule has 4 aliphatic rings. The molecular weight excluding hydrogens is 680 g/mol. The molecule has 51 heavy (non-hydrogen) atoms. The fourth-order valence-electron chi connectivity index (χ4n) is 7.45. The molecule has 286 valence electrons. The lowest BCUT2D eigenvalue weighted by Gasteiger charge is -2.47. The molecule has 2 aliphatic carbocycles. The van der Waals surface area contributed by atoms with E-state index in [4.69, 9.17) is 42.6 Å². The Hall–Kier alpha value is -3.80. The van der Waals surface area contributed by atoms with Crippen molar-refractivity contribution in [3.05, 3.63) is 11.8 Å². The van der Waals surface area contributed by atoms with Crippen molar-refractivity contribution in [1.29, 1.82) is 0 Å². The first kappa shape index (κ1) is 40.0. The topological polar surface area (TPSA) is 226 Å². The Labute approximate surface area is 295 Å². The molecule has 0 radical (unpaired) electrons. The molecular formula is C34H48O17. The Bertz CT molecular complexity index is 1350. The third kappa shape index (κ3) is 9.36. The predicted molar refractivity (Wildman–Crippen MR) is 167 cm³/mol. The number of esters is 6. The van der Waals surface area contributed by atoms with Gasteiger partial charge in [0.15, 0.2) is 18.3 Å². The Morgan fingerprint density at radius 1 is 0.824 bits per heavy atom. The van der Waals surface area contributed by atoms with Gasteiger partial charge < -0.3 is 52.8 Å². The molecule has 2 N–H and O–H groups in total. The van der Waals surface area contributed by atoms with Crippen LogP contribution < -0.4 is 0 Å². The van der Waals surface area contributed by atoms with Crippen LogP contribution in [-0.4, -0.2) is 114 Å². The van der Waals surface area contributed by atoms with Gasteiger partial charge >= 0.3 is 35.8 Å². The summed E-state index contributed by atoms with van der Waals surface area (Å²) in [6.45, 7) is 5.02. The fourth-order valence-corrected chi connectivity index (χ4v) is 7.45. The molecule has 2 saturated carbocycles. The molecule has 0 aromatic heterocycles. The second-order valence-corrected chi connectivity index (χ2v) is 13.6. The van der Waals surface area contributed by atoms with Crippen molar-refractivity contribution in [2.24, 2.45) is 11.8 Å². The first-order valence-corrected chi connectivity index (χ1v) is 17.0. The summed E-state index contributed by atoms with van der Waals surface area (Å²) in [5, 5.41) is 24.1. The van der Waals surface area contributed by atoms with E-state index in [1.165, 1.54) is 6.92 Å². The number of carbonyl (C=O) groups excluding carboxylic acids is 6. The third-order valence-electron chi connectivity index (χ3n) is 9.73. The van der Waals surface area contributed by atoms with Crippen LogP contribution in [0, 0.1) is 11.8 Å². The van der Waals surface area contributed by atoms with E-state index >= 15 is 0 Å². The van der Waals surface area contributed by atoms with Gasteiger partial charge in [0.2, 0.25) is 12.6 Å². The van der Waals surface area contributed by atoms with Crippen LogP contribution in [0.5, 0.6) is 0 Å². The zero-order chi connectivity index (χ0) is 37.7. The number of ether oxygens (including phenoxy) is 9.